The van der Waals surface area contributed by atoms with Gasteiger partial charge in [-0.2, -0.15) is 0 Å². The van der Waals surface area contributed by atoms with E-state index in [0.29, 0.717) is 12.8 Å². The van der Waals surface area contributed by atoms with Crippen molar-refractivity contribution in [2.24, 2.45) is 23.1 Å². The van der Waals surface area contributed by atoms with Crippen molar-refractivity contribution in [3.63, 3.8) is 0 Å². The van der Waals surface area contributed by atoms with Gasteiger partial charge in [0.1, 0.15) is 12.1 Å². The van der Waals surface area contributed by atoms with Crippen LogP contribution in [-0.2, 0) is 19.2 Å². The molecule has 0 aliphatic heterocycles. The van der Waals surface area contributed by atoms with Crippen LogP contribution in [0.25, 0.3) is 0 Å². The monoisotopic (exact) mass is 401 g/mol. The zero-order valence-electron chi connectivity index (χ0n) is 16.2. The highest BCUT2D eigenvalue weighted by Crippen LogP contribution is 2.06. The molecule has 4 atom stereocenters. The molecule has 0 radical (unpaired) electrons. The first kappa shape index (κ1) is 25.1. The average Bonchev–Trinajstić information content (AvgIpc) is 2.61. The summed E-state index contributed by atoms with van der Waals surface area (Å²) in [4.78, 5) is 47.3. The second-order valence-electron chi connectivity index (χ2n) is 6.53. The van der Waals surface area contributed by atoms with Crippen LogP contribution in [0.2, 0.25) is 0 Å². The van der Waals surface area contributed by atoms with Crippen molar-refractivity contribution in [1.29, 1.82) is 5.41 Å². The first-order valence-electron chi connectivity index (χ1n) is 8.94. The van der Waals surface area contributed by atoms with E-state index in [9.17, 15) is 24.3 Å². The van der Waals surface area contributed by atoms with Gasteiger partial charge in [0, 0.05) is 6.54 Å². The number of rotatable bonds is 13. The molecule has 0 aromatic heterocycles. The SMILES string of the molecule is CC[C@H](C)[C@H](N)C(=O)N[C@@H](CC(N)=O)C(=O)N[C@@H](CCCNC(=N)N)C(=O)O. The molecule has 0 heterocycles. The molecule has 12 heteroatoms. The highest BCUT2D eigenvalue weighted by Gasteiger charge is 2.30. The number of guanidine groups is 1. The smallest absolute Gasteiger partial charge is 0.326 e. The maximum Gasteiger partial charge on any atom is 0.326 e. The number of carboxylic acid groups (broad SMARTS) is 1. The minimum Gasteiger partial charge on any atom is -0.480 e. The van der Waals surface area contributed by atoms with Gasteiger partial charge in [0.2, 0.25) is 17.7 Å². The van der Waals surface area contributed by atoms with Crippen molar-refractivity contribution in [3.8, 4) is 0 Å². The number of amides is 3. The standard InChI is InChI=1S/C16H31N7O5/c1-3-8(2)12(18)14(26)23-10(7-11(17)24)13(25)22-9(15(27)28)5-4-6-21-16(19)20/h8-10,12H,3-7,18H2,1-2H3,(H2,17,24)(H,22,25)(H,23,26)(H,27,28)(H4,19,20,21)/t8-,9-,10-,12-/m0/s1. The molecule has 0 rings (SSSR count). The van der Waals surface area contributed by atoms with Crippen molar-refractivity contribution in [3.05, 3.63) is 0 Å². The predicted molar refractivity (Wildman–Crippen MR) is 102 cm³/mol. The maximum atomic E-state index is 12.4. The molecule has 0 aromatic rings. The van der Waals surface area contributed by atoms with Crippen LogP contribution in [-0.4, -0.2) is 59.4 Å². The van der Waals surface area contributed by atoms with Gasteiger partial charge in [0.05, 0.1) is 12.5 Å². The van der Waals surface area contributed by atoms with Crippen LogP contribution in [0.15, 0.2) is 0 Å². The lowest BCUT2D eigenvalue weighted by Crippen LogP contribution is -2.56. The molecule has 0 bridgehead atoms. The lowest BCUT2D eigenvalue weighted by molar-refractivity contribution is -0.142. The molecule has 0 aromatic carbocycles. The van der Waals surface area contributed by atoms with E-state index in [4.69, 9.17) is 22.6 Å². The zero-order valence-corrected chi connectivity index (χ0v) is 16.2. The van der Waals surface area contributed by atoms with Crippen molar-refractivity contribution in [2.75, 3.05) is 6.54 Å². The third-order valence-electron chi connectivity index (χ3n) is 4.20. The Bertz CT molecular complexity index is 584. The predicted octanol–water partition coefficient (Wildman–Crippen LogP) is -2.45. The van der Waals surface area contributed by atoms with Crippen LogP contribution >= 0.6 is 0 Å². The molecule has 28 heavy (non-hydrogen) atoms. The van der Waals surface area contributed by atoms with Gasteiger partial charge in [-0.05, 0) is 18.8 Å². The Morgan fingerprint density at radius 2 is 1.64 bits per heavy atom. The van der Waals surface area contributed by atoms with Crippen molar-refractivity contribution in [2.45, 2.75) is 57.7 Å². The van der Waals surface area contributed by atoms with Gasteiger partial charge in [-0.25, -0.2) is 4.79 Å². The molecular weight excluding hydrogens is 370 g/mol. The Hall–Kier alpha value is -2.89. The number of nitrogens with one attached hydrogen (secondary N) is 4. The second kappa shape index (κ2) is 12.5. The summed E-state index contributed by atoms with van der Waals surface area (Å²) in [5, 5.41) is 23.5. The molecule has 0 unspecified atom stereocenters. The Morgan fingerprint density at radius 3 is 2.11 bits per heavy atom. The molecule has 0 spiro atoms. The van der Waals surface area contributed by atoms with Gasteiger partial charge < -0.3 is 38.3 Å². The normalized spacial score (nSPS) is 14.8. The van der Waals surface area contributed by atoms with Gasteiger partial charge in [0.25, 0.3) is 0 Å². The fraction of sp³-hybridized carbons (Fsp3) is 0.688. The van der Waals surface area contributed by atoms with E-state index >= 15 is 0 Å². The molecule has 0 saturated heterocycles. The maximum absolute atomic E-state index is 12.4. The molecule has 12 nitrogen and oxygen atoms in total. The fourth-order valence-corrected chi connectivity index (χ4v) is 2.25. The minimum absolute atomic E-state index is 0.0466. The van der Waals surface area contributed by atoms with Crippen LogP contribution in [0.1, 0.15) is 39.5 Å². The quantitative estimate of drug-likeness (QED) is 0.0936. The molecule has 3 amide bonds. The van der Waals surface area contributed by atoms with Crippen LogP contribution in [0.3, 0.4) is 0 Å². The first-order chi connectivity index (χ1) is 13.0. The Balaban J connectivity index is 5.00. The number of carbonyl (C=O) groups excluding carboxylic acids is 3. The van der Waals surface area contributed by atoms with E-state index in [-0.39, 0.29) is 24.8 Å². The molecule has 0 fully saturated rings. The topological polar surface area (TPSA) is 227 Å². The van der Waals surface area contributed by atoms with Crippen LogP contribution in [0, 0.1) is 11.3 Å². The summed E-state index contributed by atoms with van der Waals surface area (Å²) in [6.45, 7) is 3.87. The Kier molecular flexibility index (Phi) is 11.2. The summed E-state index contributed by atoms with van der Waals surface area (Å²) < 4.78 is 0. The minimum atomic E-state index is -1.34. The summed E-state index contributed by atoms with van der Waals surface area (Å²) >= 11 is 0. The summed E-state index contributed by atoms with van der Waals surface area (Å²) in [5.74, 6) is -4.01. The highest BCUT2D eigenvalue weighted by atomic mass is 16.4. The lowest BCUT2D eigenvalue weighted by Gasteiger charge is -2.24. The molecule has 160 valence electrons. The second-order valence-corrected chi connectivity index (χ2v) is 6.53. The number of hydrogen-bond acceptors (Lipinski definition) is 6. The third kappa shape index (κ3) is 9.71. The first-order valence-corrected chi connectivity index (χ1v) is 8.94. The molecule has 0 aliphatic carbocycles. The van der Waals surface area contributed by atoms with Gasteiger partial charge in [-0.3, -0.25) is 19.8 Å². The summed E-state index contributed by atoms with van der Waals surface area (Å²) in [7, 11) is 0. The van der Waals surface area contributed by atoms with E-state index in [1.165, 1.54) is 0 Å². The van der Waals surface area contributed by atoms with Gasteiger partial charge in [-0.15, -0.1) is 0 Å². The van der Waals surface area contributed by atoms with E-state index in [2.05, 4.69) is 16.0 Å². The van der Waals surface area contributed by atoms with Crippen molar-refractivity contribution >= 4 is 29.7 Å². The molecule has 0 saturated carbocycles. The Morgan fingerprint density at radius 1 is 1.07 bits per heavy atom. The van der Waals surface area contributed by atoms with Crippen LogP contribution in [0.5, 0.6) is 0 Å². The molecular formula is C16H31N7O5. The number of carboxylic acids is 1. The van der Waals surface area contributed by atoms with E-state index in [0.717, 1.165) is 0 Å². The summed E-state index contributed by atoms with van der Waals surface area (Å²) in [6, 6.07) is -3.48. The number of primary amides is 1. The van der Waals surface area contributed by atoms with Gasteiger partial charge in [0.15, 0.2) is 5.96 Å². The molecule has 0 aliphatic rings. The lowest BCUT2D eigenvalue weighted by atomic mass is 9.99. The van der Waals surface area contributed by atoms with Crippen LogP contribution < -0.4 is 33.2 Å². The van der Waals surface area contributed by atoms with Gasteiger partial charge in [-0.1, -0.05) is 20.3 Å². The fourth-order valence-electron chi connectivity index (χ4n) is 2.25. The number of carbonyl (C=O) groups is 4. The third-order valence-corrected chi connectivity index (χ3v) is 4.20. The number of nitrogens with two attached hydrogens (primary N) is 3. The van der Waals surface area contributed by atoms with Crippen molar-refractivity contribution in [1.82, 2.24) is 16.0 Å². The largest absolute Gasteiger partial charge is 0.480 e. The molecule has 11 N–H and O–H groups in total. The average molecular weight is 401 g/mol. The summed E-state index contributed by atoms with van der Waals surface area (Å²) in [5.41, 5.74) is 16.1. The zero-order chi connectivity index (χ0) is 21.9. The number of hydrogen-bond donors (Lipinski definition) is 8. The van der Waals surface area contributed by atoms with E-state index in [1.54, 1.807) is 6.92 Å². The highest BCUT2D eigenvalue weighted by molar-refractivity contribution is 5.94. The van der Waals surface area contributed by atoms with E-state index < -0.39 is 48.2 Å². The Labute approximate surface area is 163 Å². The van der Waals surface area contributed by atoms with Gasteiger partial charge >= 0.3 is 5.97 Å². The summed E-state index contributed by atoms with van der Waals surface area (Å²) in [6.07, 6.45) is 0.493. The van der Waals surface area contributed by atoms with Crippen LogP contribution in [0.4, 0.5) is 0 Å². The number of aliphatic carboxylic acids is 1. The van der Waals surface area contributed by atoms with E-state index in [1.807, 2.05) is 6.92 Å². The van der Waals surface area contributed by atoms with Crippen molar-refractivity contribution < 1.29 is 24.3 Å².